The molecule has 0 aliphatic carbocycles. The molecule has 0 N–H and O–H groups in total. The van der Waals surface area contributed by atoms with E-state index < -0.39 is 80.1 Å². The molecule has 0 amide bonds. The number of hydrogen-bond acceptors (Lipinski definition) is 1. The first-order chi connectivity index (χ1) is 12.1. The fraction of sp³-hybridized carbons (Fsp3) is 1.00. The molecule has 0 aliphatic rings. The number of rotatable bonds is 9. The molecular weight excluding hydrogens is 443 g/mol. The third kappa shape index (κ3) is 6.76. The van der Waals surface area contributed by atoms with Crippen LogP contribution in [0, 0.1) is 0 Å². The first kappa shape index (κ1) is 26.9. The van der Waals surface area contributed by atoms with Crippen molar-refractivity contribution in [1.82, 2.24) is 4.90 Å². The van der Waals surface area contributed by atoms with Gasteiger partial charge in [-0.25, -0.2) is 4.90 Å². The van der Waals surface area contributed by atoms with E-state index in [4.69, 9.17) is 0 Å². The average molecular weight is 455 g/mol. The first-order valence-corrected chi connectivity index (χ1v) is 7.15. The SMILES string of the molecule is FC(F)(F)CCCN(CCCC(F)(F)F)C(F)(F)C(F)(F)C(F)(F)C(F)(F)F. The van der Waals surface area contributed by atoms with Gasteiger partial charge in [0.1, 0.15) is 0 Å². The Morgan fingerprint density at radius 3 is 1.04 bits per heavy atom. The molecule has 0 spiro atoms. The summed E-state index contributed by atoms with van der Waals surface area (Å²) in [5.74, 6) is -14.5. The van der Waals surface area contributed by atoms with Crippen molar-refractivity contribution in [3.8, 4) is 0 Å². The van der Waals surface area contributed by atoms with Gasteiger partial charge < -0.3 is 0 Å². The first-order valence-electron chi connectivity index (χ1n) is 7.15. The van der Waals surface area contributed by atoms with Gasteiger partial charge in [-0.15, -0.1) is 0 Å². The molecule has 170 valence electrons. The highest BCUT2D eigenvalue weighted by atomic mass is 19.4. The summed E-state index contributed by atoms with van der Waals surface area (Å²) in [7, 11) is 0. The van der Waals surface area contributed by atoms with Gasteiger partial charge in [0, 0.05) is 25.9 Å². The number of alkyl halides is 15. The molecule has 0 unspecified atom stereocenters. The smallest absolute Gasteiger partial charge is 0.239 e. The molecular formula is C12H12F15N. The lowest BCUT2D eigenvalue weighted by Gasteiger charge is -2.39. The van der Waals surface area contributed by atoms with Crippen LogP contribution in [0.3, 0.4) is 0 Å². The molecule has 0 aromatic heterocycles. The second kappa shape index (κ2) is 8.34. The number of halogens is 15. The molecule has 0 saturated heterocycles. The summed E-state index contributed by atoms with van der Waals surface area (Å²) in [6, 6.07) is -6.40. The van der Waals surface area contributed by atoms with Crippen molar-refractivity contribution in [3.05, 3.63) is 0 Å². The summed E-state index contributed by atoms with van der Waals surface area (Å²) < 4.78 is 188. The van der Waals surface area contributed by atoms with Crippen molar-refractivity contribution >= 4 is 0 Å². The van der Waals surface area contributed by atoms with Gasteiger partial charge in [-0.05, 0) is 12.8 Å². The quantitative estimate of drug-likeness (QED) is 0.287. The second-order valence-corrected chi connectivity index (χ2v) is 5.61. The highest BCUT2D eigenvalue weighted by molar-refractivity contribution is 5.00. The Labute approximate surface area is 147 Å². The minimum Gasteiger partial charge on any atom is -0.239 e. The molecule has 0 atom stereocenters. The summed E-state index contributed by atoms with van der Waals surface area (Å²) in [5.41, 5.74) is 0. The Morgan fingerprint density at radius 1 is 0.464 bits per heavy atom. The Bertz CT molecular complexity index is 467. The minimum absolute atomic E-state index is 1.23. The van der Waals surface area contributed by atoms with E-state index >= 15 is 0 Å². The van der Waals surface area contributed by atoms with Crippen molar-refractivity contribution in [3.63, 3.8) is 0 Å². The predicted molar refractivity (Wildman–Crippen MR) is 63.0 cm³/mol. The molecule has 0 rings (SSSR count). The van der Waals surface area contributed by atoms with Crippen LogP contribution in [-0.4, -0.2) is 54.4 Å². The lowest BCUT2D eigenvalue weighted by Crippen LogP contribution is -2.66. The molecule has 1 nitrogen and oxygen atoms in total. The Hall–Kier alpha value is -1.09. The van der Waals surface area contributed by atoms with E-state index in [-0.39, 0.29) is 0 Å². The van der Waals surface area contributed by atoms with Crippen LogP contribution in [0.5, 0.6) is 0 Å². The second-order valence-electron chi connectivity index (χ2n) is 5.61. The molecule has 0 fully saturated rings. The Morgan fingerprint density at radius 2 is 0.786 bits per heavy atom. The van der Waals surface area contributed by atoms with E-state index in [1.54, 1.807) is 0 Å². The van der Waals surface area contributed by atoms with Crippen molar-refractivity contribution in [1.29, 1.82) is 0 Å². The molecule has 0 saturated carbocycles. The molecule has 28 heavy (non-hydrogen) atoms. The van der Waals surface area contributed by atoms with Crippen molar-refractivity contribution in [2.75, 3.05) is 13.1 Å². The zero-order chi connectivity index (χ0) is 22.8. The van der Waals surface area contributed by atoms with Gasteiger partial charge in [0.25, 0.3) is 0 Å². The van der Waals surface area contributed by atoms with Crippen molar-refractivity contribution < 1.29 is 65.9 Å². The zero-order valence-electron chi connectivity index (χ0n) is 13.4. The fourth-order valence-corrected chi connectivity index (χ4v) is 1.90. The van der Waals surface area contributed by atoms with Gasteiger partial charge in [-0.2, -0.15) is 65.9 Å². The zero-order valence-corrected chi connectivity index (χ0v) is 13.4. The Balaban J connectivity index is 5.67. The van der Waals surface area contributed by atoms with Crippen molar-refractivity contribution in [2.24, 2.45) is 0 Å². The molecule has 0 aliphatic heterocycles. The van der Waals surface area contributed by atoms with Gasteiger partial charge >= 0.3 is 36.4 Å². The van der Waals surface area contributed by atoms with Crippen LogP contribution in [-0.2, 0) is 0 Å². The average Bonchev–Trinajstić information content (AvgIpc) is 2.41. The molecule has 0 aromatic carbocycles. The summed E-state index contributed by atoms with van der Waals surface area (Å²) in [5, 5.41) is 0. The van der Waals surface area contributed by atoms with Gasteiger partial charge in [0.05, 0.1) is 0 Å². The highest BCUT2D eigenvalue weighted by Crippen LogP contribution is 2.54. The largest absolute Gasteiger partial charge is 0.460 e. The lowest BCUT2D eigenvalue weighted by molar-refractivity contribution is -0.418. The lowest BCUT2D eigenvalue weighted by atomic mass is 10.1. The molecule has 0 aromatic rings. The van der Waals surface area contributed by atoms with Crippen LogP contribution in [0.4, 0.5) is 65.9 Å². The molecule has 0 radical (unpaired) electrons. The van der Waals surface area contributed by atoms with E-state index in [0.29, 0.717) is 0 Å². The molecule has 16 heteroatoms. The van der Waals surface area contributed by atoms with Crippen LogP contribution in [0.15, 0.2) is 0 Å². The number of nitrogens with zero attached hydrogens (tertiary/aromatic N) is 1. The normalized spacial score (nSPS) is 15.4. The molecule has 0 bridgehead atoms. The van der Waals surface area contributed by atoms with Gasteiger partial charge in [-0.1, -0.05) is 0 Å². The highest BCUT2D eigenvalue weighted by Gasteiger charge is 2.82. The third-order valence-corrected chi connectivity index (χ3v) is 3.30. The van der Waals surface area contributed by atoms with E-state index in [0.717, 1.165) is 0 Å². The van der Waals surface area contributed by atoms with E-state index in [9.17, 15) is 65.9 Å². The van der Waals surface area contributed by atoms with Gasteiger partial charge in [0.15, 0.2) is 0 Å². The maximum absolute atomic E-state index is 13.8. The van der Waals surface area contributed by atoms with Crippen LogP contribution in [0.25, 0.3) is 0 Å². The van der Waals surface area contributed by atoms with Gasteiger partial charge in [-0.3, -0.25) is 0 Å². The summed E-state index contributed by atoms with van der Waals surface area (Å²) in [4.78, 5) is -1.23. The Kier molecular flexibility index (Phi) is 8.01. The molecule has 0 heterocycles. The minimum atomic E-state index is -7.31. The summed E-state index contributed by atoms with van der Waals surface area (Å²) in [6.45, 7) is -3.62. The summed E-state index contributed by atoms with van der Waals surface area (Å²) in [6.07, 6.45) is -24.0. The maximum atomic E-state index is 13.8. The van der Waals surface area contributed by atoms with Crippen LogP contribution in [0.2, 0.25) is 0 Å². The maximum Gasteiger partial charge on any atom is 0.460 e. The van der Waals surface area contributed by atoms with Crippen LogP contribution in [0.1, 0.15) is 25.7 Å². The fourth-order valence-electron chi connectivity index (χ4n) is 1.90. The van der Waals surface area contributed by atoms with Gasteiger partial charge in [0.2, 0.25) is 0 Å². The van der Waals surface area contributed by atoms with Crippen LogP contribution >= 0.6 is 0 Å². The van der Waals surface area contributed by atoms with E-state index in [1.807, 2.05) is 0 Å². The number of hydrogen-bond donors (Lipinski definition) is 0. The van der Waals surface area contributed by atoms with Crippen molar-refractivity contribution in [2.45, 2.75) is 62.1 Å². The topological polar surface area (TPSA) is 3.24 Å². The predicted octanol–water partition coefficient (Wildman–Crippen LogP) is 6.40. The van der Waals surface area contributed by atoms with E-state index in [1.165, 1.54) is 0 Å². The van der Waals surface area contributed by atoms with Crippen LogP contribution < -0.4 is 0 Å². The monoisotopic (exact) mass is 455 g/mol. The third-order valence-electron chi connectivity index (χ3n) is 3.30. The summed E-state index contributed by atoms with van der Waals surface area (Å²) >= 11 is 0. The standard InChI is InChI=1S/C12H12F15N/c13-7(14,15)3-1-5-28(6-2-4-8(16,17)18)12(26,27)10(21,22)9(19,20)11(23,24)25/h1-6H2. The van der Waals surface area contributed by atoms with E-state index in [2.05, 4.69) is 0 Å².